The molecule has 0 unspecified atom stereocenters. The Hall–Kier alpha value is -1.88. The number of carbonyl (C=O) groups is 2. The molecule has 0 aromatic heterocycles. The van der Waals surface area contributed by atoms with Gasteiger partial charge >= 0.3 is 5.97 Å². The molecule has 0 saturated heterocycles. The maximum atomic E-state index is 11.3. The van der Waals surface area contributed by atoms with Gasteiger partial charge < -0.3 is 5.11 Å². The van der Waals surface area contributed by atoms with Crippen molar-refractivity contribution in [3.8, 4) is 0 Å². The summed E-state index contributed by atoms with van der Waals surface area (Å²) < 4.78 is 0. The number of carboxylic acid groups (broad SMARTS) is 1. The highest BCUT2D eigenvalue weighted by Gasteiger charge is 2.06. The molecule has 1 aromatic rings. The normalized spacial score (nSPS) is 9.11. The highest BCUT2D eigenvalue weighted by molar-refractivity contribution is 5.78. The van der Waals surface area contributed by atoms with Crippen LogP contribution in [-0.4, -0.2) is 29.0 Å². The molecule has 0 aliphatic rings. The summed E-state index contributed by atoms with van der Waals surface area (Å²) in [6.45, 7) is 4.00. The van der Waals surface area contributed by atoms with Crippen molar-refractivity contribution >= 4 is 11.9 Å². The van der Waals surface area contributed by atoms with Gasteiger partial charge in [-0.15, -0.1) is 0 Å². The summed E-state index contributed by atoms with van der Waals surface area (Å²) >= 11 is 0. The highest BCUT2D eigenvalue weighted by Crippen LogP contribution is 2.06. The van der Waals surface area contributed by atoms with Gasteiger partial charge in [-0.1, -0.05) is 38.1 Å². The van der Waals surface area contributed by atoms with Gasteiger partial charge in [-0.2, -0.15) is 0 Å². The van der Waals surface area contributed by atoms with Crippen LogP contribution in [0.3, 0.4) is 0 Å². The first-order valence-corrected chi connectivity index (χ1v) is 5.80. The second-order valence-corrected chi connectivity index (χ2v) is 3.57. The number of carboxylic acids is 1. The molecule has 0 atom stereocenters. The Kier molecular flexibility index (Phi) is 7.38. The Morgan fingerprint density at radius 3 is 1.83 bits per heavy atom. The van der Waals surface area contributed by atoms with Crippen LogP contribution in [0.15, 0.2) is 24.3 Å². The zero-order valence-electron chi connectivity index (χ0n) is 11.0. The number of hydrazine groups is 1. The van der Waals surface area contributed by atoms with Crippen molar-refractivity contribution in [3.05, 3.63) is 35.4 Å². The lowest BCUT2D eigenvalue weighted by molar-refractivity contribution is -0.136. The third kappa shape index (κ3) is 6.00. The average molecular weight is 252 g/mol. The van der Waals surface area contributed by atoms with Crippen molar-refractivity contribution < 1.29 is 14.7 Å². The molecule has 18 heavy (non-hydrogen) atoms. The summed E-state index contributed by atoms with van der Waals surface area (Å²) in [4.78, 5) is 21.7. The minimum Gasteiger partial charge on any atom is -0.481 e. The Bertz CT molecular complexity index is 386. The van der Waals surface area contributed by atoms with Crippen LogP contribution in [0.5, 0.6) is 0 Å². The quantitative estimate of drug-likeness (QED) is 0.479. The van der Waals surface area contributed by atoms with E-state index >= 15 is 0 Å². The van der Waals surface area contributed by atoms with Crippen LogP contribution in [0, 0.1) is 0 Å². The van der Waals surface area contributed by atoms with Crippen LogP contribution in [0.2, 0.25) is 0 Å². The zero-order chi connectivity index (χ0) is 14.1. The number of likely N-dealkylation sites (N-methyl/N-ethyl adjacent to an activating group) is 1. The van der Waals surface area contributed by atoms with E-state index in [2.05, 4.69) is 0 Å². The van der Waals surface area contributed by atoms with Gasteiger partial charge in [0.2, 0.25) is 5.91 Å². The first-order valence-electron chi connectivity index (χ1n) is 5.80. The molecular formula is C13H20N2O3. The monoisotopic (exact) mass is 252 g/mol. The molecule has 5 nitrogen and oxygen atoms in total. The molecule has 0 aliphatic carbocycles. The number of aliphatic carboxylic acids is 1. The van der Waals surface area contributed by atoms with Crippen molar-refractivity contribution in [1.82, 2.24) is 5.01 Å². The molecule has 3 N–H and O–H groups in total. The van der Waals surface area contributed by atoms with Gasteiger partial charge in [0.1, 0.15) is 0 Å². The molecule has 5 heteroatoms. The lowest BCUT2D eigenvalue weighted by atomic mass is 10.1. The third-order valence-electron chi connectivity index (χ3n) is 2.13. The van der Waals surface area contributed by atoms with Crippen molar-refractivity contribution in [2.45, 2.75) is 26.7 Å². The first kappa shape index (κ1) is 16.1. The van der Waals surface area contributed by atoms with Crippen LogP contribution in [-0.2, 0) is 22.4 Å². The summed E-state index contributed by atoms with van der Waals surface area (Å²) in [6.07, 6.45) is 0.214. The van der Waals surface area contributed by atoms with Crippen molar-refractivity contribution in [2.75, 3.05) is 7.05 Å². The van der Waals surface area contributed by atoms with Crippen LogP contribution >= 0.6 is 0 Å². The molecule has 0 spiro atoms. The smallest absolute Gasteiger partial charge is 0.307 e. The van der Waals surface area contributed by atoms with Crippen LogP contribution < -0.4 is 5.84 Å². The predicted octanol–water partition coefficient (Wildman–Crippen LogP) is 1.21. The summed E-state index contributed by atoms with van der Waals surface area (Å²) in [6, 6.07) is 6.87. The molecule has 0 aliphatic heterocycles. The number of rotatable bonds is 4. The van der Waals surface area contributed by atoms with Gasteiger partial charge in [-0.3, -0.25) is 14.6 Å². The van der Waals surface area contributed by atoms with E-state index in [1.807, 2.05) is 13.8 Å². The van der Waals surface area contributed by atoms with Gasteiger partial charge in [0, 0.05) is 7.05 Å². The maximum Gasteiger partial charge on any atom is 0.307 e. The van der Waals surface area contributed by atoms with E-state index in [0.717, 1.165) is 10.6 Å². The SMILES string of the molecule is CC.CN(N)C(=O)Cc1ccc(CC(=O)O)cc1. The molecule has 0 saturated carbocycles. The first-order chi connectivity index (χ1) is 8.49. The summed E-state index contributed by atoms with van der Waals surface area (Å²) in [7, 11) is 1.49. The minimum absolute atomic E-state index is 0.00891. The molecular weight excluding hydrogens is 232 g/mol. The Morgan fingerprint density at radius 2 is 1.50 bits per heavy atom. The number of carbonyl (C=O) groups excluding carboxylic acids is 1. The van der Waals surface area contributed by atoms with Crippen LogP contribution in [0.4, 0.5) is 0 Å². The second-order valence-electron chi connectivity index (χ2n) is 3.57. The van der Waals surface area contributed by atoms with E-state index in [0.29, 0.717) is 5.56 Å². The number of benzene rings is 1. The summed E-state index contributed by atoms with van der Waals surface area (Å²) in [5.74, 6) is 4.23. The zero-order valence-corrected chi connectivity index (χ0v) is 11.0. The number of nitrogens with two attached hydrogens (primary N) is 1. The number of hydrogen-bond acceptors (Lipinski definition) is 3. The molecule has 0 heterocycles. The van der Waals surface area contributed by atoms with Gasteiger partial charge in [0.05, 0.1) is 12.8 Å². The molecule has 100 valence electrons. The lowest BCUT2D eigenvalue weighted by Gasteiger charge is -2.09. The molecule has 0 radical (unpaired) electrons. The van der Waals surface area contributed by atoms with E-state index in [1.54, 1.807) is 24.3 Å². The van der Waals surface area contributed by atoms with Crippen LogP contribution in [0.1, 0.15) is 25.0 Å². The fourth-order valence-electron chi connectivity index (χ4n) is 1.25. The Morgan fingerprint density at radius 1 is 1.11 bits per heavy atom. The average Bonchev–Trinajstić information content (AvgIpc) is 2.33. The number of hydrogen-bond donors (Lipinski definition) is 2. The number of nitrogens with zero attached hydrogens (tertiary/aromatic N) is 1. The predicted molar refractivity (Wildman–Crippen MR) is 69.8 cm³/mol. The standard InChI is InChI=1S/C11H14N2O3.C2H6/c1-13(12)10(14)6-8-2-4-9(5-3-8)7-11(15)16;1-2/h2-5H,6-7,12H2,1H3,(H,15,16);1-2H3. The molecule has 1 amide bonds. The second kappa shape index (κ2) is 8.25. The Labute approximate surface area is 107 Å². The van der Waals surface area contributed by atoms with Crippen molar-refractivity contribution in [1.29, 1.82) is 0 Å². The van der Waals surface area contributed by atoms with Gasteiger partial charge in [0.15, 0.2) is 0 Å². The largest absolute Gasteiger partial charge is 0.481 e. The van der Waals surface area contributed by atoms with E-state index < -0.39 is 5.97 Å². The fourth-order valence-corrected chi connectivity index (χ4v) is 1.25. The number of amides is 1. The van der Waals surface area contributed by atoms with E-state index in [4.69, 9.17) is 10.9 Å². The maximum absolute atomic E-state index is 11.3. The van der Waals surface area contributed by atoms with Crippen molar-refractivity contribution in [3.63, 3.8) is 0 Å². The third-order valence-corrected chi connectivity index (χ3v) is 2.13. The summed E-state index contributed by atoms with van der Waals surface area (Å²) in [5, 5.41) is 9.61. The van der Waals surface area contributed by atoms with E-state index in [9.17, 15) is 9.59 Å². The van der Waals surface area contributed by atoms with Crippen molar-refractivity contribution in [2.24, 2.45) is 5.84 Å². The topological polar surface area (TPSA) is 83.6 Å². The summed E-state index contributed by atoms with van der Waals surface area (Å²) in [5.41, 5.74) is 1.53. The molecule has 0 fully saturated rings. The van der Waals surface area contributed by atoms with E-state index in [1.165, 1.54) is 7.05 Å². The Balaban J connectivity index is 0.00000137. The highest BCUT2D eigenvalue weighted by atomic mass is 16.4. The molecule has 0 bridgehead atoms. The minimum atomic E-state index is -0.870. The molecule has 1 aromatic carbocycles. The van der Waals surface area contributed by atoms with Gasteiger partial charge in [0.25, 0.3) is 0 Å². The fraction of sp³-hybridized carbons (Fsp3) is 0.385. The molecule has 1 rings (SSSR count). The van der Waals surface area contributed by atoms with Gasteiger partial charge in [-0.25, -0.2) is 5.84 Å². The van der Waals surface area contributed by atoms with E-state index in [-0.39, 0.29) is 18.7 Å². The van der Waals surface area contributed by atoms with Crippen LogP contribution in [0.25, 0.3) is 0 Å². The lowest BCUT2D eigenvalue weighted by Crippen LogP contribution is -2.34. The van der Waals surface area contributed by atoms with Gasteiger partial charge in [-0.05, 0) is 11.1 Å².